The second kappa shape index (κ2) is 7.76. The van der Waals surface area contributed by atoms with Gasteiger partial charge < -0.3 is 0 Å². The number of nitrogens with zero attached hydrogens (tertiary/aromatic N) is 2. The molecule has 2 saturated heterocycles. The maximum atomic E-state index is 5.99. The van der Waals surface area contributed by atoms with E-state index in [-0.39, 0.29) is 0 Å². The Morgan fingerprint density at radius 2 is 1.27 bits per heavy atom. The number of rotatable bonds is 1. The molecule has 1 aromatic rings. The Morgan fingerprint density at radius 3 is 1.82 bits per heavy atom. The average molecular weight is 369 g/mol. The van der Waals surface area contributed by atoms with Crippen molar-refractivity contribution in [2.24, 2.45) is 0 Å². The summed E-state index contributed by atoms with van der Waals surface area (Å²) < 4.78 is 23.8. The van der Waals surface area contributed by atoms with Gasteiger partial charge in [-0.15, -0.1) is 0 Å². The summed E-state index contributed by atoms with van der Waals surface area (Å²) in [7, 11) is 2.06. The molecule has 2 fully saturated rings. The molecule has 0 radical (unpaired) electrons. The fourth-order valence-electron chi connectivity index (χ4n) is 2.59. The zero-order valence-corrected chi connectivity index (χ0v) is 15.2. The molecular formula is C15H24GeN2O4. The van der Waals surface area contributed by atoms with Gasteiger partial charge in [-0.2, -0.15) is 0 Å². The number of hydrogen-bond donors (Lipinski definition) is 0. The van der Waals surface area contributed by atoms with Crippen LogP contribution in [-0.2, 0) is 15.1 Å². The van der Waals surface area contributed by atoms with Gasteiger partial charge in [0.05, 0.1) is 0 Å². The van der Waals surface area contributed by atoms with Crippen molar-refractivity contribution >= 4 is 20.3 Å². The van der Waals surface area contributed by atoms with Gasteiger partial charge in [0.1, 0.15) is 0 Å². The number of anilines is 1. The summed E-state index contributed by atoms with van der Waals surface area (Å²) in [5, 5.41) is 0. The topological polar surface area (TPSA) is 43.4 Å². The second-order valence-corrected chi connectivity index (χ2v) is 10.0. The molecule has 0 aromatic heterocycles. The summed E-state index contributed by atoms with van der Waals surface area (Å²) in [4.78, 5) is 4.46. The third-order valence-electron chi connectivity index (χ3n) is 3.91. The van der Waals surface area contributed by atoms with E-state index in [9.17, 15) is 0 Å². The molecule has 22 heavy (non-hydrogen) atoms. The summed E-state index contributed by atoms with van der Waals surface area (Å²) in [6, 6.07) is 10.3. The van der Waals surface area contributed by atoms with Gasteiger partial charge in [0, 0.05) is 0 Å². The molecule has 0 bridgehead atoms. The van der Waals surface area contributed by atoms with E-state index in [2.05, 4.69) is 29.0 Å². The number of para-hydroxylation sites is 1. The second-order valence-electron chi connectivity index (χ2n) is 5.52. The van der Waals surface area contributed by atoms with Crippen molar-refractivity contribution < 1.29 is 15.1 Å². The van der Waals surface area contributed by atoms with Gasteiger partial charge in [-0.3, -0.25) is 0 Å². The number of benzene rings is 1. The first-order chi connectivity index (χ1) is 10.8. The van der Waals surface area contributed by atoms with E-state index in [0.717, 1.165) is 26.2 Å². The molecule has 0 amide bonds. The summed E-state index contributed by atoms with van der Waals surface area (Å²) in [5.41, 5.74) is 1.19. The Labute approximate surface area is 135 Å². The van der Waals surface area contributed by atoms with Crippen molar-refractivity contribution in [3.8, 4) is 0 Å². The average Bonchev–Trinajstić information content (AvgIpc) is 2.49. The van der Waals surface area contributed by atoms with E-state index >= 15 is 0 Å². The monoisotopic (exact) mass is 370 g/mol. The maximum absolute atomic E-state index is 5.99. The van der Waals surface area contributed by atoms with Crippen molar-refractivity contribution in [2.75, 3.05) is 64.6 Å². The molecule has 1 spiro atoms. The third kappa shape index (κ3) is 4.21. The minimum atomic E-state index is -3.52. The predicted molar refractivity (Wildman–Crippen MR) is 85.7 cm³/mol. The molecule has 6 nitrogen and oxygen atoms in total. The van der Waals surface area contributed by atoms with Crippen molar-refractivity contribution in [2.45, 2.75) is 0 Å². The van der Waals surface area contributed by atoms with E-state index in [1.165, 1.54) is 5.69 Å². The van der Waals surface area contributed by atoms with Crippen molar-refractivity contribution in [1.29, 1.82) is 0 Å². The Balaban J connectivity index is 1.58. The predicted octanol–water partition coefficient (Wildman–Crippen LogP) is 0.954. The van der Waals surface area contributed by atoms with Gasteiger partial charge in [-0.1, -0.05) is 0 Å². The fraction of sp³-hybridized carbons (Fsp3) is 0.600. The molecule has 0 aliphatic carbocycles. The van der Waals surface area contributed by atoms with Gasteiger partial charge in [0.25, 0.3) is 0 Å². The third-order valence-corrected chi connectivity index (χ3v) is 8.59. The SMILES string of the molecule is CN1CC[O][Ge]2([O]CC1)[O]CCN(c1ccccc1)CC[O]2. The molecule has 0 saturated carbocycles. The van der Waals surface area contributed by atoms with Gasteiger partial charge in [0.2, 0.25) is 0 Å². The Kier molecular flexibility index (Phi) is 5.73. The molecule has 122 valence electrons. The van der Waals surface area contributed by atoms with Crippen LogP contribution in [-0.4, -0.2) is 79.2 Å². The van der Waals surface area contributed by atoms with Crippen molar-refractivity contribution in [3.05, 3.63) is 30.3 Å². The van der Waals surface area contributed by atoms with E-state index < -0.39 is 14.6 Å². The van der Waals surface area contributed by atoms with Crippen molar-refractivity contribution in [1.82, 2.24) is 4.90 Å². The molecule has 2 aliphatic heterocycles. The van der Waals surface area contributed by atoms with Crippen LogP contribution in [0.15, 0.2) is 30.3 Å². The zero-order chi connectivity index (χ0) is 15.3. The van der Waals surface area contributed by atoms with Crippen LogP contribution in [0.2, 0.25) is 0 Å². The Morgan fingerprint density at radius 1 is 0.773 bits per heavy atom. The van der Waals surface area contributed by atoms with E-state index in [0.29, 0.717) is 26.4 Å². The molecular weight excluding hydrogens is 345 g/mol. The number of likely N-dealkylation sites (N-methyl/N-ethyl adjacent to an activating group) is 1. The van der Waals surface area contributed by atoms with Crippen LogP contribution in [0.5, 0.6) is 0 Å². The standard InChI is InChI=1S/C15H24GeN2O4/c1-17-7-11-19-16(20-12-8-17)21-13-9-18(10-14-22-16)15-5-3-2-4-6-15/h2-6H,7-14H2,1H3. The Bertz CT molecular complexity index is 440. The van der Waals surface area contributed by atoms with Gasteiger partial charge in [-0.25, -0.2) is 0 Å². The van der Waals surface area contributed by atoms with E-state index in [1.54, 1.807) is 0 Å². The minimum absolute atomic E-state index is 0.574. The van der Waals surface area contributed by atoms with Crippen LogP contribution in [0.25, 0.3) is 0 Å². The van der Waals surface area contributed by atoms with Crippen LogP contribution < -0.4 is 4.90 Å². The summed E-state index contributed by atoms with van der Waals surface area (Å²) in [6.07, 6.45) is 0. The molecule has 0 atom stereocenters. The van der Waals surface area contributed by atoms with Gasteiger partial charge in [-0.05, 0) is 0 Å². The molecule has 3 rings (SSSR count). The molecule has 0 N–H and O–H groups in total. The van der Waals surface area contributed by atoms with Crippen molar-refractivity contribution in [3.63, 3.8) is 0 Å². The molecule has 2 heterocycles. The zero-order valence-electron chi connectivity index (χ0n) is 13.1. The van der Waals surface area contributed by atoms with E-state index in [1.807, 2.05) is 18.2 Å². The number of hydrogen-bond acceptors (Lipinski definition) is 6. The van der Waals surface area contributed by atoms with Crippen LogP contribution in [0.3, 0.4) is 0 Å². The Hall–Kier alpha value is -0.637. The summed E-state index contributed by atoms with van der Waals surface area (Å²) >= 11 is -3.52. The normalized spacial score (nSPS) is 24.3. The van der Waals surface area contributed by atoms with Gasteiger partial charge >= 0.3 is 135 Å². The molecule has 2 aliphatic rings. The first-order valence-corrected chi connectivity index (χ1v) is 11.2. The molecule has 0 unspecified atom stereocenters. The van der Waals surface area contributed by atoms with Crippen LogP contribution >= 0.6 is 0 Å². The van der Waals surface area contributed by atoms with Crippen LogP contribution in [0, 0.1) is 0 Å². The quantitative estimate of drug-likeness (QED) is 0.688. The first-order valence-electron chi connectivity index (χ1n) is 7.82. The first kappa shape index (κ1) is 16.2. The summed E-state index contributed by atoms with van der Waals surface area (Å²) in [6.45, 7) is 5.80. The molecule has 7 heteroatoms. The summed E-state index contributed by atoms with van der Waals surface area (Å²) in [5.74, 6) is 0. The van der Waals surface area contributed by atoms with E-state index in [4.69, 9.17) is 15.1 Å². The molecule has 1 aromatic carbocycles. The van der Waals surface area contributed by atoms with Gasteiger partial charge in [0.15, 0.2) is 0 Å². The van der Waals surface area contributed by atoms with Crippen LogP contribution in [0.1, 0.15) is 0 Å². The van der Waals surface area contributed by atoms with Crippen LogP contribution in [0.4, 0.5) is 5.69 Å². The fourth-order valence-corrected chi connectivity index (χ4v) is 6.50.